The predicted octanol–water partition coefficient (Wildman–Crippen LogP) is 3.78. The van der Waals surface area contributed by atoms with Crippen molar-refractivity contribution in [2.24, 2.45) is 0 Å². The Bertz CT molecular complexity index is 570. The molecular weight excluding hydrogens is 320 g/mol. The summed E-state index contributed by atoms with van der Waals surface area (Å²) in [5.41, 5.74) is 7.37. The van der Waals surface area contributed by atoms with Gasteiger partial charge in [0.25, 0.3) is 0 Å². The number of benzene rings is 1. The van der Waals surface area contributed by atoms with Crippen molar-refractivity contribution >= 4 is 32.5 Å². The van der Waals surface area contributed by atoms with Gasteiger partial charge in [-0.3, -0.25) is 4.98 Å². The summed E-state index contributed by atoms with van der Waals surface area (Å²) in [5.74, 6) is 0.676. The largest absolute Gasteiger partial charge is 0.488 e. The van der Waals surface area contributed by atoms with Gasteiger partial charge in [0.1, 0.15) is 6.61 Å². The number of rotatable bonds is 7. The molecule has 0 bridgehead atoms. The third kappa shape index (κ3) is 3.84. The first-order chi connectivity index (χ1) is 9.72. The minimum absolute atomic E-state index is 0.486. The number of unbranched alkanes of at least 4 members (excludes halogenated alkanes) is 1. The molecule has 0 spiro atoms. The fraction of sp³-hybridized carbons (Fsp3) is 0.400. The van der Waals surface area contributed by atoms with E-state index in [1.807, 2.05) is 18.2 Å². The van der Waals surface area contributed by atoms with Crippen LogP contribution in [0.25, 0.3) is 10.9 Å². The Labute approximate surface area is 127 Å². The van der Waals surface area contributed by atoms with Crippen molar-refractivity contribution in [1.29, 1.82) is 0 Å². The zero-order valence-corrected chi connectivity index (χ0v) is 13.1. The highest BCUT2D eigenvalue weighted by molar-refractivity contribution is 9.10. The number of hydrogen-bond acceptors (Lipinski definition) is 4. The van der Waals surface area contributed by atoms with Crippen molar-refractivity contribution in [3.63, 3.8) is 0 Å². The second kappa shape index (κ2) is 7.45. The molecule has 0 atom stereocenters. The minimum atomic E-state index is 0.486. The van der Waals surface area contributed by atoms with Gasteiger partial charge in [-0.25, -0.2) is 0 Å². The topological polar surface area (TPSA) is 57.4 Å². The van der Waals surface area contributed by atoms with E-state index < -0.39 is 0 Å². The van der Waals surface area contributed by atoms with Crippen molar-refractivity contribution in [2.45, 2.75) is 19.8 Å². The molecule has 0 radical (unpaired) electrons. The van der Waals surface area contributed by atoms with E-state index in [1.54, 1.807) is 6.20 Å². The summed E-state index contributed by atoms with van der Waals surface area (Å²) in [7, 11) is 0. The van der Waals surface area contributed by atoms with Gasteiger partial charge in [-0.2, -0.15) is 0 Å². The lowest BCUT2D eigenvalue weighted by atomic mass is 10.2. The molecule has 20 heavy (non-hydrogen) atoms. The molecule has 0 saturated carbocycles. The van der Waals surface area contributed by atoms with Gasteiger partial charge in [-0.05, 0) is 24.6 Å². The normalized spacial score (nSPS) is 10.9. The molecule has 2 aromatic rings. The van der Waals surface area contributed by atoms with Gasteiger partial charge in [-0.15, -0.1) is 0 Å². The second-order valence-corrected chi connectivity index (χ2v) is 5.43. The molecular formula is C15H19BrN2O2. The molecule has 0 aliphatic rings. The standard InChI is InChI=1S/C15H19BrN2O2/c1-2-3-6-19-7-8-20-15-12-9-11(16)4-5-14(12)18-10-13(15)17/h4-5,9-10H,2-3,6-8,17H2,1H3. The molecule has 0 aliphatic heterocycles. The zero-order valence-electron chi connectivity index (χ0n) is 11.6. The zero-order chi connectivity index (χ0) is 14.4. The SMILES string of the molecule is CCCCOCCOc1c(N)cnc2ccc(Br)cc12. The molecule has 108 valence electrons. The van der Waals surface area contributed by atoms with Crippen molar-refractivity contribution in [3.8, 4) is 5.75 Å². The molecule has 0 aliphatic carbocycles. The Morgan fingerprint density at radius 3 is 2.90 bits per heavy atom. The lowest BCUT2D eigenvalue weighted by Gasteiger charge is -2.12. The number of nitrogens with zero attached hydrogens (tertiary/aromatic N) is 1. The number of ether oxygens (including phenoxy) is 2. The van der Waals surface area contributed by atoms with Crippen LogP contribution in [0.3, 0.4) is 0 Å². The molecule has 1 aromatic heterocycles. The van der Waals surface area contributed by atoms with E-state index in [0.29, 0.717) is 24.7 Å². The van der Waals surface area contributed by atoms with Gasteiger partial charge in [-0.1, -0.05) is 29.3 Å². The molecule has 0 unspecified atom stereocenters. The van der Waals surface area contributed by atoms with Crippen LogP contribution >= 0.6 is 15.9 Å². The average Bonchev–Trinajstić information content (AvgIpc) is 2.44. The van der Waals surface area contributed by atoms with E-state index >= 15 is 0 Å². The molecule has 5 heteroatoms. The van der Waals surface area contributed by atoms with Crippen molar-refractivity contribution in [3.05, 3.63) is 28.9 Å². The Morgan fingerprint density at radius 2 is 2.10 bits per heavy atom. The van der Waals surface area contributed by atoms with Crippen LogP contribution in [-0.4, -0.2) is 24.8 Å². The van der Waals surface area contributed by atoms with Crippen molar-refractivity contribution < 1.29 is 9.47 Å². The molecule has 0 amide bonds. The van der Waals surface area contributed by atoms with Crippen LogP contribution < -0.4 is 10.5 Å². The summed E-state index contributed by atoms with van der Waals surface area (Å²) < 4.78 is 12.2. The highest BCUT2D eigenvalue weighted by atomic mass is 79.9. The first kappa shape index (κ1) is 15.1. The maximum Gasteiger partial charge on any atom is 0.153 e. The number of nitrogen functional groups attached to an aromatic ring is 1. The van der Waals surface area contributed by atoms with Gasteiger partial charge >= 0.3 is 0 Å². The maximum absolute atomic E-state index is 5.96. The number of fused-ring (bicyclic) bond motifs is 1. The first-order valence-corrected chi connectivity index (χ1v) is 7.56. The number of nitrogens with two attached hydrogens (primary N) is 1. The summed E-state index contributed by atoms with van der Waals surface area (Å²) in [6, 6.07) is 5.85. The summed E-state index contributed by atoms with van der Waals surface area (Å²) in [4.78, 5) is 4.29. The molecule has 4 nitrogen and oxygen atoms in total. The van der Waals surface area contributed by atoms with E-state index in [2.05, 4.69) is 27.8 Å². The van der Waals surface area contributed by atoms with Gasteiger partial charge in [0.15, 0.2) is 5.75 Å². The van der Waals surface area contributed by atoms with Gasteiger partial charge in [0, 0.05) is 16.5 Å². The van der Waals surface area contributed by atoms with Crippen LogP contribution in [0.4, 0.5) is 5.69 Å². The van der Waals surface area contributed by atoms with Crippen LogP contribution in [-0.2, 0) is 4.74 Å². The molecule has 1 aromatic carbocycles. The third-order valence-corrected chi connectivity index (χ3v) is 3.42. The number of halogens is 1. The quantitative estimate of drug-likeness (QED) is 0.780. The third-order valence-electron chi connectivity index (χ3n) is 2.92. The van der Waals surface area contributed by atoms with E-state index in [-0.39, 0.29) is 0 Å². The van der Waals surface area contributed by atoms with Crippen LogP contribution in [0, 0.1) is 0 Å². The highest BCUT2D eigenvalue weighted by Crippen LogP contribution is 2.32. The van der Waals surface area contributed by atoms with E-state index in [1.165, 1.54) is 0 Å². The molecule has 2 N–H and O–H groups in total. The van der Waals surface area contributed by atoms with E-state index in [9.17, 15) is 0 Å². The van der Waals surface area contributed by atoms with E-state index in [4.69, 9.17) is 15.2 Å². The summed E-state index contributed by atoms with van der Waals surface area (Å²) in [6.07, 6.45) is 3.84. The number of pyridine rings is 1. The highest BCUT2D eigenvalue weighted by Gasteiger charge is 2.08. The van der Waals surface area contributed by atoms with Crippen molar-refractivity contribution in [2.75, 3.05) is 25.6 Å². The Morgan fingerprint density at radius 1 is 1.25 bits per heavy atom. The van der Waals surface area contributed by atoms with Crippen LogP contribution in [0.15, 0.2) is 28.9 Å². The number of aromatic nitrogens is 1. The summed E-state index contributed by atoms with van der Waals surface area (Å²) >= 11 is 3.45. The lowest BCUT2D eigenvalue weighted by Crippen LogP contribution is -2.09. The van der Waals surface area contributed by atoms with Gasteiger partial charge in [0.05, 0.1) is 24.0 Å². The van der Waals surface area contributed by atoms with Crippen LogP contribution in [0.5, 0.6) is 5.75 Å². The smallest absolute Gasteiger partial charge is 0.153 e. The monoisotopic (exact) mass is 338 g/mol. The van der Waals surface area contributed by atoms with Crippen molar-refractivity contribution in [1.82, 2.24) is 4.98 Å². The predicted molar refractivity (Wildman–Crippen MR) is 85.1 cm³/mol. The van der Waals surface area contributed by atoms with Gasteiger partial charge < -0.3 is 15.2 Å². The summed E-state index contributed by atoms with van der Waals surface area (Å²) in [5, 5.41) is 0.910. The minimum Gasteiger partial charge on any atom is -0.488 e. The molecule has 0 fully saturated rings. The van der Waals surface area contributed by atoms with Crippen LogP contribution in [0.2, 0.25) is 0 Å². The lowest BCUT2D eigenvalue weighted by molar-refractivity contribution is 0.0988. The number of hydrogen-bond donors (Lipinski definition) is 1. The van der Waals surface area contributed by atoms with E-state index in [0.717, 1.165) is 34.8 Å². The Kier molecular flexibility index (Phi) is 5.61. The van der Waals surface area contributed by atoms with Crippen LogP contribution in [0.1, 0.15) is 19.8 Å². The molecule has 0 saturated heterocycles. The molecule has 1 heterocycles. The first-order valence-electron chi connectivity index (χ1n) is 6.76. The Hall–Kier alpha value is -1.33. The maximum atomic E-state index is 5.96. The fourth-order valence-electron chi connectivity index (χ4n) is 1.87. The fourth-order valence-corrected chi connectivity index (χ4v) is 2.23. The van der Waals surface area contributed by atoms with Gasteiger partial charge in [0.2, 0.25) is 0 Å². The molecule has 2 rings (SSSR count). The summed E-state index contributed by atoms with van der Waals surface area (Å²) in [6.45, 7) is 3.97. The Balaban J connectivity index is 2.05. The second-order valence-electron chi connectivity index (χ2n) is 4.52. The average molecular weight is 339 g/mol. The number of anilines is 1.